The average Bonchev–Trinajstić information content (AvgIpc) is 2.89. The highest BCUT2D eigenvalue weighted by atomic mass is 79.9. The van der Waals surface area contributed by atoms with E-state index in [-0.39, 0.29) is 10.7 Å². The number of nitrogens with zero attached hydrogens (tertiary/aromatic N) is 1. The number of fused-ring (bicyclic) bond motifs is 1. The summed E-state index contributed by atoms with van der Waals surface area (Å²) in [6, 6.07) is 6.68. The summed E-state index contributed by atoms with van der Waals surface area (Å²) >= 11 is 3.31. The standard InChI is InChI=1S/C14H13BrN2O3S/c1-9-6-12(15)14(16-8-9)17-21(18,19)11-2-3-13-10(7-11)4-5-20-13/h2-3,6-8H,4-5H2,1H3,(H,16,17). The fourth-order valence-electron chi connectivity index (χ4n) is 2.12. The first kappa shape index (κ1) is 14.3. The van der Waals surface area contributed by atoms with E-state index < -0.39 is 10.0 Å². The van der Waals surface area contributed by atoms with E-state index in [2.05, 4.69) is 25.6 Å². The Morgan fingerprint density at radius 2 is 2.14 bits per heavy atom. The van der Waals surface area contributed by atoms with Crippen LogP contribution in [0.2, 0.25) is 0 Å². The van der Waals surface area contributed by atoms with Gasteiger partial charge in [-0.2, -0.15) is 0 Å². The van der Waals surface area contributed by atoms with Gasteiger partial charge in [-0.05, 0) is 58.2 Å². The summed E-state index contributed by atoms with van der Waals surface area (Å²) in [4.78, 5) is 4.31. The van der Waals surface area contributed by atoms with Gasteiger partial charge < -0.3 is 4.74 Å². The summed E-state index contributed by atoms with van der Waals surface area (Å²) in [5.74, 6) is 1.03. The lowest BCUT2D eigenvalue weighted by Gasteiger charge is -2.10. The maximum Gasteiger partial charge on any atom is 0.263 e. The molecule has 0 fully saturated rings. The lowest BCUT2D eigenvalue weighted by Crippen LogP contribution is -2.14. The molecule has 5 nitrogen and oxygen atoms in total. The summed E-state index contributed by atoms with van der Waals surface area (Å²) in [6.45, 7) is 2.48. The minimum atomic E-state index is -3.67. The van der Waals surface area contributed by atoms with Gasteiger partial charge in [-0.25, -0.2) is 13.4 Å². The van der Waals surface area contributed by atoms with Crippen molar-refractivity contribution in [3.63, 3.8) is 0 Å². The normalized spacial score (nSPS) is 13.6. The molecule has 0 atom stereocenters. The number of nitrogens with one attached hydrogen (secondary N) is 1. The topological polar surface area (TPSA) is 68.3 Å². The third-order valence-electron chi connectivity index (χ3n) is 3.18. The molecule has 7 heteroatoms. The minimum Gasteiger partial charge on any atom is -0.493 e. The number of ether oxygens (including phenoxy) is 1. The van der Waals surface area contributed by atoms with Crippen molar-refractivity contribution < 1.29 is 13.2 Å². The summed E-state index contributed by atoms with van der Waals surface area (Å²) in [5.41, 5.74) is 1.85. The van der Waals surface area contributed by atoms with Gasteiger partial charge in [0.1, 0.15) is 5.75 Å². The zero-order valence-corrected chi connectivity index (χ0v) is 13.7. The zero-order chi connectivity index (χ0) is 15.0. The van der Waals surface area contributed by atoms with Crippen molar-refractivity contribution in [2.45, 2.75) is 18.2 Å². The van der Waals surface area contributed by atoms with Gasteiger partial charge in [0.05, 0.1) is 16.0 Å². The molecule has 0 bridgehead atoms. The van der Waals surface area contributed by atoms with E-state index in [1.807, 2.05) is 6.92 Å². The Morgan fingerprint density at radius 3 is 2.90 bits per heavy atom. The molecular formula is C14H13BrN2O3S. The van der Waals surface area contributed by atoms with Crippen molar-refractivity contribution >= 4 is 31.8 Å². The van der Waals surface area contributed by atoms with Gasteiger partial charge in [-0.15, -0.1) is 0 Å². The van der Waals surface area contributed by atoms with Crippen molar-refractivity contribution in [3.05, 3.63) is 46.1 Å². The van der Waals surface area contributed by atoms with Crippen LogP contribution in [0.1, 0.15) is 11.1 Å². The van der Waals surface area contributed by atoms with Gasteiger partial charge in [0.15, 0.2) is 5.82 Å². The van der Waals surface area contributed by atoms with Crippen molar-refractivity contribution in [1.82, 2.24) is 4.98 Å². The fraction of sp³-hybridized carbons (Fsp3) is 0.214. The molecule has 1 aliphatic rings. The number of hydrogen-bond donors (Lipinski definition) is 1. The molecule has 0 radical (unpaired) electrons. The number of anilines is 1. The van der Waals surface area contributed by atoms with E-state index in [0.717, 1.165) is 23.3 Å². The van der Waals surface area contributed by atoms with E-state index in [1.54, 1.807) is 24.4 Å². The van der Waals surface area contributed by atoms with Gasteiger partial charge in [0.25, 0.3) is 10.0 Å². The Morgan fingerprint density at radius 1 is 1.33 bits per heavy atom. The number of halogens is 1. The number of pyridine rings is 1. The Balaban J connectivity index is 1.93. The number of rotatable bonds is 3. The lowest BCUT2D eigenvalue weighted by molar-refractivity contribution is 0.356. The smallest absolute Gasteiger partial charge is 0.263 e. The van der Waals surface area contributed by atoms with Gasteiger partial charge in [0.2, 0.25) is 0 Å². The molecule has 21 heavy (non-hydrogen) atoms. The highest BCUT2D eigenvalue weighted by Crippen LogP contribution is 2.29. The molecule has 2 aromatic rings. The van der Waals surface area contributed by atoms with Gasteiger partial charge in [-0.3, -0.25) is 4.72 Å². The van der Waals surface area contributed by atoms with E-state index in [0.29, 0.717) is 11.1 Å². The maximum absolute atomic E-state index is 12.4. The number of aromatic nitrogens is 1. The predicted molar refractivity (Wildman–Crippen MR) is 83.1 cm³/mol. The molecule has 0 saturated carbocycles. The number of hydrogen-bond acceptors (Lipinski definition) is 4. The van der Waals surface area contributed by atoms with Crippen LogP contribution in [0.4, 0.5) is 5.82 Å². The summed E-state index contributed by atoms with van der Waals surface area (Å²) in [5, 5.41) is 0. The first-order chi connectivity index (χ1) is 9.95. The Kier molecular flexibility index (Phi) is 3.62. The van der Waals surface area contributed by atoms with Crippen LogP contribution < -0.4 is 9.46 Å². The summed E-state index contributed by atoms with van der Waals surface area (Å²) in [7, 11) is -3.67. The molecule has 110 valence electrons. The molecule has 1 aliphatic heterocycles. The van der Waals surface area contributed by atoms with Gasteiger partial charge in [0, 0.05) is 12.6 Å². The lowest BCUT2D eigenvalue weighted by atomic mass is 10.2. The number of sulfonamides is 1. The molecule has 0 saturated heterocycles. The second kappa shape index (κ2) is 5.31. The monoisotopic (exact) mass is 368 g/mol. The predicted octanol–water partition coefficient (Wildman–Crippen LogP) is 2.89. The maximum atomic E-state index is 12.4. The highest BCUT2D eigenvalue weighted by molar-refractivity contribution is 9.10. The second-order valence-electron chi connectivity index (χ2n) is 4.82. The fourth-order valence-corrected chi connectivity index (χ4v) is 3.90. The molecule has 1 N–H and O–H groups in total. The third-order valence-corrected chi connectivity index (χ3v) is 5.12. The first-order valence-corrected chi connectivity index (χ1v) is 8.64. The van der Waals surface area contributed by atoms with E-state index in [4.69, 9.17) is 4.74 Å². The zero-order valence-electron chi connectivity index (χ0n) is 11.3. The number of benzene rings is 1. The molecule has 0 amide bonds. The molecule has 1 aromatic carbocycles. The Labute approximate surface area is 131 Å². The van der Waals surface area contributed by atoms with Crippen LogP contribution in [0.5, 0.6) is 5.75 Å². The highest BCUT2D eigenvalue weighted by Gasteiger charge is 2.20. The molecule has 0 unspecified atom stereocenters. The average molecular weight is 369 g/mol. The largest absolute Gasteiger partial charge is 0.493 e. The van der Waals surface area contributed by atoms with Crippen molar-refractivity contribution in [2.75, 3.05) is 11.3 Å². The quantitative estimate of drug-likeness (QED) is 0.904. The molecule has 3 rings (SSSR count). The van der Waals surface area contributed by atoms with Crippen LogP contribution in [-0.2, 0) is 16.4 Å². The van der Waals surface area contributed by atoms with Crippen LogP contribution in [-0.4, -0.2) is 20.0 Å². The van der Waals surface area contributed by atoms with Crippen molar-refractivity contribution in [3.8, 4) is 5.75 Å². The van der Waals surface area contributed by atoms with Gasteiger partial charge >= 0.3 is 0 Å². The third kappa shape index (κ3) is 2.89. The first-order valence-electron chi connectivity index (χ1n) is 6.36. The van der Waals surface area contributed by atoms with E-state index >= 15 is 0 Å². The van der Waals surface area contributed by atoms with Crippen LogP contribution in [0.3, 0.4) is 0 Å². The molecular weight excluding hydrogens is 356 g/mol. The minimum absolute atomic E-state index is 0.209. The number of aryl methyl sites for hydroxylation is 1. The Hall–Kier alpha value is -1.60. The molecule has 0 spiro atoms. The van der Waals surface area contributed by atoms with Crippen molar-refractivity contribution in [1.29, 1.82) is 0 Å². The van der Waals surface area contributed by atoms with Crippen LogP contribution >= 0.6 is 15.9 Å². The van der Waals surface area contributed by atoms with Crippen LogP contribution in [0.25, 0.3) is 0 Å². The van der Waals surface area contributed by atoms with Crippen LogP contribution in [0, 0.1) is 6.92 Å². The van der Waals surface area contributed by atoms with E-state index in [1.165, 1.54) is 6.07 Å². The molecule has 2 heterocycles. The molecule has 0 aliphatic carbocycles. The van der Waals surface area contributed by atoms with Gasteiger partial charge in [-0.1, -0.05) is 0 Å². The summed E-state index contributed by atoms with van der Waals surface area (Å²) < 4.78 is 33.3. The van der Waals surface area contributed by atoms with Crippen molar-refractivity contribution in [2.24, 2.45) is 0 Å². The van der Waals surface area contributed by atoms with Crippen LogP contribution in [0.15, 0.2) is 39.8 Å². The SMILES string of the molecule is Cc1cnc(NS(=O)(=O)c2ccc3c(c2)CCO3)c(Br)c1. The summed E-state index contributed by atoms with van der Waals surface area (Å²) in [6.07, 6.45) is 2.34. The molecule has 1 aromatic heterocycles. The Bertz CT molecular complexity index is 806. The second-order valence-corrected chi connectivity index (χ2v) is 7.35. The van der Waals surface area contributed by atoms with E-state index in [9.17, 15) is 8.42 Å².